The molecular weight excluding hydrogens is 114 g/mol. The van der Waals surface area contributed by atoms with E-state index in [4.69, 9.17) is 6.57 Å². The van der Waals surface area contributed by atoms with Crippen molar-refractivity contribution in [2.45, 2.75) is 6.92 Å². The molecule has 0 aliphatic carbocycles. The standard InChI is InChI=1S/C6H5N3/c1-5-3-9-6(7-2)4-8-5/h3-4H,1H3. The first kappa shape index (κ1) is 5.70. The van der Waals surface area contributed by atoms with Crippen LogP contribution in [0.2, 0.25) is 0 Å². The average molecular weight is 119 g/mol. The fourth-order valence-electron chi connectivity index (χ4n) is 0.444. The number of rotatable bonds is 0. The molecule has 1 aromatic heterocycles. The Morgan fingerprint density at radius 2 is 2.22 bits per heavy atom. The van der Waals surface area contributed by atoms with Gasteiger partial charge in [0.15, 0.2) is 0 Å². The highest BCUT2D eigenvalue weighted by atomic mass is 14.9. The van der Waals surface area contributed by atoms with Crippen LogP contribution in [0.25, 0.3) is 4.85 Å². The molecule has 0 aromatic carbocycles. The normalized spacial score (nSPS) is 8.44. The molecule has 0 spiro atoms. The molecule has 3 heteroatoms. The molecule has 1 aromatic rings. The van der Waals surface area contributed by atoms with Crippen LogP contribution in [0, 0.1) is 13.5 Å². The van der Waals surface area contributed by atoms with E-state index in [1.165, 1.54) is 6.20 Å². The highest BCUT2D eigenvalue weighted by Crippen LogP contribution is 2.02. The lowest BCUT2D eigenvalue weighted by Gasteiger charge is -1.85. The first-order valence-corrected chi connectivity index (χ1v) is 2.49. The van der Waals surface area contributed by atoms with Crippen molar-refractivity contribution in [3.8, 4) is 0 Å². The molecule has 9 heavy (non-hydrogen) atoms. The minimum absolute atomic E-state index is 0.348. The van der Waals surface area contributed by atoms with Crippen LogP contribution in [-0.4, -0.2) is 9.97 Å². The third-order valence-corrected chi connectivity index (χ3v) is 0.882. The Kier molecular flexibility index (Phi) is 1.41. The maximum absolute atomic E-state index is 6.54. The lowest BCUT2D eigenvalue weighted by molar-refractivity contribution is 1.13. The van der Waals surface area contributed by atoms with Gasteiger partial charge in [-0.3, -0.25) is 4.98 Å². The molecule has 0 aliphatic heterocycles. The second kappa shape index (κ2) is 2.23. The molecule has 44 valence electrons. The quantitative estimate of drug-likeness (QED) is 0.482. The highest BCUT2D eigenvalue weighted by Gasteiger charge is 1.90. The number of hydrogen-bond donors (Lipinski definition) is 0. The topological polar surface area (TPSA) is 30.1 Å². The number of hydrogen-bond acceptors (Lipinski definition) is 2. The maximum atomic E-state index is 6.54. The molecule has 0 atom stereocenters. The van der Waals surface area contributed by atoms with Gasteiger partial charge in [0.1, 0.15) is 6.20 Å². The Hall–Kier alpha value is -1.43. The molecule has 0 amide bonds. The van der Waals surface area contributed by atoms with E-state index in [2.05, 4.69) is 14.8 Å². The summed E-state index contributed by atoms with van der Waals surface area (Å²) in [6, 6.07) is 0. The van der Waals surface area contributed by atoms with Crippen molar-refractivity contribution < 1.29 is 0 Å². The largest absolute Gasteiger partial charge is 0.359 e. The monoisotopic (exact) mass is 119 g/mol. The van der Waals surface area contributed by atoms with Crippen molar-refractivity contribution in [1.29, 1.82) is 0 Å². The first-order chi connectivity index (χ1) is 4.33. The van der Waals surface area contributed by atoms with Gasteiger partial charge in [-0.05, 0) is 6.92 Å². The van der Waals surface area contributed by atoms with E-state index < -0.39 is 0 Å². The Bertz CT molecular complexity index is 231. The summed E-state index contributed by atoms with van der Waals surface area (Å²) in [6.45, 7) is 8.37. The van der Waals surface area contributed by atoms with Crippen molar-refractivity contribution >= 4 is 5.82 Å². The van der Waals surface area contributed by atoms with E-state index in [0.29, 0.717) is 5.82 Å². The zero-order valence-corrected chi connectivity index (χ0v) is 5.00. The highest BCUT2D eigenvalue weighted by molar-refractivity contribution is 5.31. The summed E-state index contributed by atoms with van der Waals surface area (Å²) >= 11 is 0. The van der Waals surface area contributed by atoms with Gasteiger partial charge in [-0.1, -0.05) is 6.57 Å². The predicted molar refractivity (Wildman–Crippen MR) is 33.0 cm³/mol. The summed E-state index contributed by atoms with van der Waals surface area (Å²) < 4.78 is 0. The second-order valence-corrected chi connectivity index (χ2v) is 1.63. The summed E-state index contributed by atoms with van der Waals surface area (Å²) in [6.07, 6.45) is 3.04. The summed E-state index contributed by atoms with van der Waals surface area (Å²) in [7, 11) is 0. The molecule has 0 fully saturated rings. The van der Waals surface area contributed by atoms with E-state index >= 15 is 0 Å². The fraction of sp³-hybridized carbons (Fsp3) is 0.167. The molecule has 3 nitrogen and oxygen atoms in total. The molecule has 0 unspecified atom stereocenters. The van der Waals surface area contributed by atoms with Crippen molar-refractivity contribution in [2.75, 3.05) is 0 Å². The number of aryl methyl sites for hydroxylation is 1. The van der Waals surface area contributed by atoms with E-state index in [1.807, 2.05) is 6.92 Å². The lowest BCUT2D eigenvalue weighted by Crippen LogP contribution is -1.79. The van der Waals surface area contributed by atoms with E-state index in [0.717, 1.165) is 5.69 Å². The van der Waals surface area contributed by atoms with Crippen LogP contribution in [0.5, 0.6) is 0 Å². The second-order valence-electron chi connectivity index (χ2n) is 1.63. The minimum Gasteiger partial charge on any atom is -0.359 e. The molecule has 0 saturated carbocycles. The summed E-state index contributed by atoms with van der Waals surface area (Å²) in [5, 5.41) is 0. The maximum Gasteiger partial charge on any atom is 0.287 e. The molecular formula is C6H5N3. The fourth-order valence-corrected chi connectivity index (χ4v) is 0.444. The van der Waals surface area contributed by atoms with Gasteiger partial charge < -0.3 is 4.85 Å². The molecule has 0 aliphatic rings. The summed E-state index contributed by atoms with van der Waals surface area (Å²) in [5.74, 6) is 0.348. The van der Waals surface area contributed by atoms with Gasteiger partial charge >= 0.3 is 0 Å². The molecule has 0 saturated heterocycles. The van der Waals surface area contributed by atoms with E-state index in [9.17, 15) is 0 Å². The molecule has 1 heterocycles. The van der Waals surface area contributed by atoms with Gasteiger partial charge in [0.2, 0.25) is 0 Å². The van der Waals surface area contributed by atoms with Crippen LogP contribution in [0.4, 0.5) is 5.82 Å². The van der Waals surface area contributed by atoms with Crippen LogP contribution < -0.4 is 0 Å². The van der Waals surface area contributed by atoms with Gasteiger partial charge in [0, 0.05) is 0 Å². The zero-order valence-electron chi connectivity index (χ0n) is 5.00. The average Bonchev–Trinajstić information content (AvgIpc) is 1.90. The Balaban J connectivity index is 3.06. The zero-order chi connectivity index (χ0) is 6.69. The van der Waals surface area contributed by atoms with Gasteiger partial charge in [0.25, 0.3) is 5.82 Å². The van der Waals surface area contributed by atoms with Crippen LogP contribution >= 0.6 is 0 Å². The number of nitrogens with zero attached hydrogens (tertiary/aromatic N) is 3. The van der Waals surface area contributed by atoms with Crippen molar-refractivity contribution in [1.82, 2.24) is 9.97 Å². The Morgan fingerprint density at radius 1 is 1.44 bits per heavy atom. The van der Waals surface area contributed by atoms with Crippen LogP contribution in [0.3, 0.4) is 0 Å². The third-order valence-electron chi connectivity index (χ3n) is 0.882. The summed E-state index contributed by atoms with van der Waals surface area (Å²) in [4.78, 5) is 10.7. The minimum atomic E-state index is 0.348. The lowest BCUT2D eigenvalue weighted by atomic mass is 10.5. The SMILES string of the molecule is [C-]#[N+]c1cnc(C)cn1. The van der Waals surface area contributed by atoms with Crippen molar-refractivity contribution in [2.24, 2.45) is 0 Å². The smallest absolute Gasteiger partial charge is 0.287 e. The third kappa shape index (κ3) is 1.23. The molecule has 1 rings (SSSR count). The van der Waals surface area contributed by atoms with Gasteiger partial charge in [0.05, 0.1) is 11.9 Å². The molecule has 0 radical (unpaired) electrons. The Labute approximate surface area is 53.2 Å². The molecule has 0 N–H and O–H groups in total. The van der Waals surface area contributed by atoms with Gasteiger partial charge in [-0.25, -0.2) is 0 Å². The van der Waals surface area contributed by atoms with Crippen molar-refractivity contribution in [3.05, 3.63) is 29.5 Å². The van der Waals surface area contributed by atoms with E-state index in [1.54, 1.807) is 6.20 Å². The van der Waals surface area contributed by atoms with Crippen molar-refractivity contribution in [3.63, 3.8) is 0 Å². The van der Waals surface area contributed by atoms with Crippen LogP contribution in [0.1, 0.15) is 5.69 Å². The van der Waals surface area contributed by atoms with E-state index in [-0.39, 0.29) is 0 Å². The van der Waals surface area contributed by atoms with Gasteiger partial charge in [-0.15, -0.1) is 4.98 Å². The molecule has 0 bridgehead atoms. The van der Waals surface area contributed by atoms with Crippen LogP contribution in [-0.2, 0) is 0 Å². The van der Waals surface area contributed by atoms with Gasteiger partial charge in [-0.2, -0.15) is 0 Å². The Morgan fingerprint density at radius 3 is 2.67 bits per heavy atom. The first-order valence-electron chi connectivity index (χ1n) is 2.49. The van der Waals surface area contributed by atoms with Crippen LogP contribution in [0.15, 0.2) is 12.4 Å². The summed E-state index contributed by atoms with van der Waals surface area (Å²) in [5.41, 5.74) is 0.836. The number of aromatic nitrogens is 2. The predicted octanol–water partition coefficient (Wildman–Crippen LogP) is 1.34.